The minimum Gasteiger partial charge on any atom is -0.508 e. The molecule has 0 spiro atoms. The molecule has 0 radical (unpaired) electrons. The molecule has 0 saturated carbocycles. The maximum absolute atomic E-state index is 11.6. The van der Waals surface area contributed by atoms with E-state index in [2.05, 4.69) is 9.98 Å². The summed E-state index contributed by atoms with van der Waals surface area (Å²) < 4.78 is 21.9. The largest absolute Gasteiger partial charge is 0.508 e. The molecule has 1 aliphatic heterocycles. The smallest absolute Gasteiger partial charge is 0.303 e. The Morgan fingerprint density at radius 1 is 0.929 bits per heavy atom. The Morgan fingerprint density at radius 3 is 1.98 bits per heavy atom. The molecule has 0 bridgehead atoms. The van der Waals surface area contributed by atoms with Gasteiger partial charge in [-0.25, -0.2) is 0 Å². The number of hydrogen-bond donors (Lipinski definition) is 7. The van der Waals surface area contributed by atoms with Crippen LogP contribution in [-0.4, -0.2) is 117 Å². The van der Waals surface area contributed by atoms with E-state index in [0.29, 0.717) is 0 Å². The Morgan fingerprint density at radius 2 is 1.48 bits per heavy atom. The van der Waals surface area contributed by atoms with E-state index >= 15 is 0 Å². The number of hydrogen-bond acceptors (Lipinski definition) is 14. The van der Waals surface area contributed by atoms with Crippen molar-refractivity contribution in [3.05, 3.63) is 59.7 Å². The molecule has 0 amide bonds. The number of carbonyl (C=O) groups excluding carboxylic acids is 1. The van der Waals surface area contributed by atoms with Crippen molar-refractivity contribution < 1.29 is 59.5 Å². The number of nitrogens with zero attached hydrogens (tertiary/aromatic N) is 2. The van der Waals surface area contributed by atoms with Crippen LogP contribution >= 0.6 is 0 Å². The van der Waals surface area contributed by atoms with Gasteiger partial charge < -0.3 is 54.7 Å². The first kappa shape index (κ1) is 33.0. The zero-order valence-electron chi connectivity index (χ0n) is 22.8. The number of aromatic hydroxyl groups is 2. The third kappa shape index (κ3) is 9.82. The van der Waals surface area contributed by atoms with Crippen molar-refractivity contribution in [2.24, 2.45) is 9.98 Å². The van der Waals surface area contributed by atoms with Crippen molar-refractivity contribution in [1.82, 2.24) is 0 Å². The molecule has 8 atom stereocenters. The second kappa shape index (κ2) is 16.2. The first-order valence-electron chi connectivity index (χ1n) is 13.1. The van der Waals surface area contributed by atoms with Gasteiger partial charge in [0.1, 0.15) is 42.0 Å². The van der Waals surface area contributed by atoms with Crippen LogP contribution in [0.4, 0.5) is 0 Å². The lowest BCUT2D eigenvalue weighted by molar-refractivity contribution is -0.315. The van der Waals surface area contributed by atoms with E-state index in [1.54, 1.807) is 24.3 Å². The molecule has 1 fully saturated rings. The van der Waals surface area contributed by atoms with Gasteiger partial charge in [-0.05, 0) is 35.4 Å². The van der Waals surface area contributed by atoms with Crippen LogP contribution in [0, 0.1) is 0 Å². The van der Waals surface area contributed by atoms with Crippen LogP contribution in [0.5, 0.6) is 11.5 Å². The van der Waals surface area contributed by atoms with Crippen LogP contribution in [0.15, 0.2) is 58.5 Å². The second-order valence-electron chi connectivity index (χ2n) is 9.44. The Bertz CT molecular complexity index is 1160. The summed E-state index contributed by atoms with van der Waals surface area (Å²) in [5.41, 5.74) is 1.47. The highest BCUT2D eigenvalue weighted by Gasteiger charge is 2.48. The molecule has 1 heterocycles. The lowest BCUT2D eigenvalue weighted by Crippen LogP contribution is -2.61. The van der Waals surface area contributed by atoms with Gasteiger partial charge in [-0.2, -0.15) is 0 Å². The SMILES string of the molecule is CC(=O)O[C@H]1[C@H](O)[C@@H](O[C@H](C=NCc2ccc(O)cc2)[C@@H](CO)O[C@@H](O)C=NCc2ccc(O)cc2)O[C@@H](CO)[C@@H]1O. The predicted octanol–water partition coefficient (Wildman–Crippen LogP) is -0.609. The summed E-state index contributed by atoms with van der Waals surface area (Å²) in [7, 11) is 0. The number of benzene rings is 2. The van der Waals surface area contributed by atoms with Crippen LogP contribution < -0.4 is 0 Å². The minimum atomic E-state index is -1.71. The minimum absolute atomic E-state index is 0.0742. The topological polar surface area (TPSA) is 220 Å². The average Bonchev–Trinajstić information content (AvgIpc) is 2.96. The zero-order chi connectivity index (χ0) is 30.6. The van der Waals surface area contributed by atoms with Gasteiger partial charge in [-0.1, -0.05) is 24.3 Å². The number of aliphatic hydroxyl groups is 5. The Balaban J connectivity index is 1.77. The van der Waals surface area contributed by atoms with Crippen LogP contribution in [-0.2, 0) is 36.8 Å². The quantitative estimate of drug-likeness (QED) is 0.0830. The Labute approximate surface area is 241 Å². The van der Waals surface area contributed by atoms with E-state index in [1.165, 1.54) is 30.5 Å². The highest BCUT2D eigenvalue weighted by molar-refractivity contribution is 5.66. The van der Waals surface area contributed by atoms with Crippen molar-refractivity contribution in [2.45, 2.75) is 69.2 Å². The summed E-state index contributed by atoms with van der Waals surface area (Å²) in [6, 6.07) is 12.5. The molecule has 3 rings (SSSR count). The number of rotatable bonds is 14. The normalized spacial score (nSPS) is 25.0. The standard InChI is InChI=1S/C28H36N2O12/c1-16(33)39-27-25(37)23(15-32)42-28(26(27)38)41-21(12-29-10-17-2-6-19(34)7-3-17)22(14-31)40-24(36)13-30-11-18-4-8-20(35)9-5-18/h2-9,12-13,21-28,31-32,34-38H,10-11,14-15H2,1H3/t21-,22-,23+,24-,25+,26+,27-,28+/m1/s1. The number of esters is 1. The van der Waals surface area contributed by atoms with E-state index in [4.69, 9.17) is 18.9 Å². The summed E-state index contributed by atoms with van der Waals surface area (Å²) in [4.78, 5) is 19.9. The lowest BCUT2D eigenvalue weighted by Gasteiger charge is -2.42. The van der Waals surface area contributed by atoms with Crippen molar-refractivity contribution in [2.75, 3.05) is 13.2 Å². The van der Waals surface area contributed by atoms with E-state index < -0.39 is 68.4 Å². The van der Waals surface area contributed by atoms with Crippen molar-refractivity contribution in [3.8, 4) is 11.5 Å². The van der Waals surface area contributed by atoms with Crippen LogP contribution in [0.3, 0.4) is 0 Å². The number of phenolic OH excluding ortho intramolecular Hbond substituents is 2. The molecule has 1 saturated heterocycles. The van der Waals surface area contributed by atoms with Gasteiger partial charge in [-0.3, -0.25) is 14.8 Å². The molecular weight excluding hydrogens is 556 g/mol. The first-order valence-corrected chi connectivity index (χ1v) is 13.1. The average molecular weight is 593 g/mol. The zero-order valence-corrected chi connectivity index (χ0v) is 22.8. The molecule has 42 heavy (non-hydrogen) atoms. The van der Waals surface area contributed by atoms with Gasteiger partial charge in [0.05, 0.1) is 32.5 Å². The van der Waals surface area contributed by atoms with Crippen molar-refractivity contribution in [1.29, 1.82) is 0 Å². The fourth-order valence-corrected chi connectivity index (χ4v) is 4.02. The van der Waals surface area contributed by atoms with E-state index in [1.807, 2.05) is 0 Å². The van der Waals surface area contributed by atoms with Gasteiger partial charge in [0.25, 0.3) is 0 Å². The number of ether oxygens (including phenoxy) is 4. The summed E-state index contributed by atoms with van der Waals surface area (Å²) in [6.07, 6.45) is -9.46. The molecule has 14 heteroatoms. The Kier molecular flexibility index (Phi) is 12.8. The second-order valence-corrected chi connectivity index (χ2v) is 9.44. The summed E-state index contributed by atoms with van der Waals surface area (Å²) in [6.45, 7) is -0.0138. The molecule has 0 aromatic heterocycles. The van der Waals surface area contributed by atoms with Crippen molar-refractivity contribution in [3.63, 3.8) is 0 Å². The van der Waals surface area contributed by atoms with Gasteiger partial charge in [0.2, 0.25) is 0 Å². The van der Waals surface area contributed by atoms with E-state index in [-0.39, 0.29) is 24.6 Å². The number of carbonyl (C=O) groups is 1. The number of aliphatic imine (C=N–C) groups is 2. The fourth-order valence-electron chi connectivity index (χ4n) is 4.02. The van der Waals surface area contributed by atoms with Crippen molar-refractivity contribution >= 4 is 18.4 Å². The molecule has 0 unspecified atom stereocenters. The highest BCUT2D eigenvalue weighted by Crippen LogP contribution is 2.26. The number of phenols is 2. The molecular formula is C28H36N2O12. The van der Waals surface area contributed by atoms with Crippen LogP contribution in [0.25, 0.3) is 0 Å². The molecule has 14 nitrogen and oxygen atoms in total. The van der Waals surface area contributed by atoms with Gasteiger partial charge >= 0.3 is 5.97 Å². The maximum atomic E-state index is 11.6. The highest BCUT2D eigenvalue weighted by atomic mass is 16.7. The molecule has 1 aliphatic rings. The number of aliphatic hydroxyl groups excluding tert-OH is 5. The van der Waals surface area contributed by atoms with E-state index in [0.717, 1.165) is 24.3 Å². The van der Waals surface area contributed by atoms with E-state index in [9.17, 15) is 40.5 Å². The van der Waals surface area contributed by atoms with Crippen LogP contribution in [0.1, 0.15) is 18.1 Å². The molecule has 7 N–H and O–H groups in total. The summed E-state index contributed by atoms with van der Waals surface area (Å²) >= 11 is 0. The third-order valence-electron chi connectivity index (χ3n) is 6.18. The fraction of sp³-hybridized carbons (Fsp3) is 0.464. The van der Waals surface area contributed by atoms with Gasteiger partial charge in [0, 0.05) is 13.1 Å². The maximum Gasteiger partial charge on any atom is 0.303 e. The van der Waals surface area contributed by atoms with Gasteiger partial charge in [-0.15, -0.1) is 0 Å². The molecule has 230 valence electrons. The van der Waals surface area contributed by atoms with Crippen LogP contribution in [0.2, 0.25) is 0 Å². The molecule has 2 aromatic rings. The Hall–Kier alpha value is -3.47. The molecule has 2 aromatic carbocycles. The molecule has 0 aliphatic carbocycles. The summed E-state index contributed by atoms with van der Waals surface area (Å²) in [5, 5.41) is 70.2. The summed E-state index contributed by atoms with van der Waals surface area (Å²) in [5.74, 6) is -0.625. The predicted molar refractivity (Wildman–Crippen MR) is 147 cm³/mol. The monoisotopic (exact) mass is 592 g/mol. The lowest BCUT2D eigenvalue weighted by atomic mass is 9.99. The first-order chi connectivity index (χ1) is 20.1. The van der Waals surface area contributed by atoms with Gasteiger partial charge in [0.15, 0.2) is 18.7 Å². The third-order valence-corrected chi connectivity index (χ3v) is 6.18.